The Kier molecular flexibility index (Phi) is 4.00. The van der Waals surface area contributed by atoms with Crippen molar-refractivity contribution in [1.82, 2.24) is 9.88 Å². The zero-order valence-corrected chi connectivity index (χ0v) is 13.7. The first-order valence-electron chi connectivity index (χ1n) is 7.60. The maximum Gasteiger partial charge on any atom is 0.222 e. The van der Waals surface area contributed by atoms with Gasteiger partial charge in [0.05, 0.1) is 0 Å². The number of ketones is 1. The molecule has 0 saturated heterocycles. The lowest BCUT2D eigenvalue weighted by molar-refractivity contribution is -0.122. The zero-order valence-electron chi connectivity index (χ0n) is 13.7. The minimum atomic E-state index is -0.203. The van der Waals surface area contributed by atoms with E-state index >= 15 is 0 Å². The van der Waals surface area contributed by atoms with E-state index in [2.05, 4.69) is 23.7 Å². The summed E-state index contributed by atoms with van der Waals surface area (Å²) < 4.78 is 2.07. The molecule has 0 bridgehead atoms. The molecule has 2 rings (SSSR count). The summed E-state index contributed by atoms with van der Waals surface area (Å²) in [5.74, 6) is 0.269. The molecule has 1 heterocycles. The van der Waals surface area contributed by atoms with E-state index in [4.69, 9.17) is 0 Å². The lowest BCUT2D eigenvalue weighted by atomic mass is 9.76. The fraction of sp³-hybridized carbons (Fsp3) is 0.647. The third-order valence-corrected chi connectivity index (χ3v) is 3.76. The first-order valence-corrected chi connectivity index (χ1v) is 7.60. The van der Waals surface area contributed by atoms with E-state index in [1.54, 1.807) is 0 Å². The summed E-state index contributed by atoms with van der Waals surface area (Å²) in [5, 5.41) is 2.97. The van der Waals surface area contributed by atoms with Gasteiger partial charge in [0.1, 0.15) is 0 Å². The van der Waals surface area contributed by atoms with Crippen LogP contribution in [0.3, 0.4) is 0 Å². The number of nitrogens with one attached hydrogen (secondary N) is 1. The van der Waals surface area contributed by atoms with Gasteiger partial charge >= 0.3 is 0 Å². The molecular weight excluding hydrogens is 264 g/mol. The minimum absolute atomic E-state index is 0.00779. The van der Waals surface area contributed by atoms with Crippen molar-refractivity contribution >= 4 is 11.7 Å². The van der Waals surface area contributed by atoms with Crippen molar-refractivity contribution in [2.45, 2.75) is 66.0 Å². The maximum absolute atomic E-state index is 12.1. The van der Waals surface area contributed by atoms with Gasteiger partial charge in [-0.05, 0) is 38.7 Å². The van der Waals surface area contributed by atoms with Crippen LogP contribution in [0.25, 0.3) is 0 Å². The van der Waals surface area contributed by atoms with E-state index in [0.29, 0.717) is 19.4 Å². The first-order chi connectivity index (χ1) is 9.57. The van der Waals surface area contributed by atoms with E-state index in [0.717, 1.165) is 17.7 Å². The highest BCUT2D eigenvalue weighted by Gasteiger charge is 2.32. The normalized spacial score (nSPS) is 17.5. The number of aromatic nitrogens is 1. The van der Waals surface area contributed by atoms with Crippen LogP contribution in [0.15, 0.2) is 12.3 Å². The standard InChI is InChI=1S/C17H26N2O2/c1-16(2,3)18-15(21)7-9-19-8-6-12-13(19)10-17(4,5)11-14(12)20/h6,8H,7,9-11H2,1-5H3,(H,18,21). The number of nitrogens with zero attached hydrogens (tertiary/aromatic N) is 1. The summed E-state index contributed by atoms with van der Waals surface area (Å²) in [6.07, 6.45) is 3.87. The molecule has 0 saturated carbocycles. The van der Waals surface area contributed by atoms with Crippen molar-refractivity contribution in [1.29, 1.82) is 0 Å². The van der Waals surface area contributed by atoms with E-state index in [1.165, 1.54) is 0 Å². The Morgan fingerprint density at radius 1 is 1.33 bits per heavy atom. The summed E-state index contributed by atoms with van der Waals surface area (Å²) in [7, 11) is 0. The number of carbonyl (C=O) groups excluding carboxylic acids is 2. The highest BCUT2D eigenvalue weighted by molar-refractivity contribution is 5.98. The second-order valence-corrected chi connectivity index (χ2v) is 7.86. The Hall–Kier alpha value is -1.58. The topological polar surface area (TPSA) is 51.1 Å². The summed E-state index contributed by atoms with van der Waals surface area (Å²) in [4.78, 5) is 24.1. The van der Waals surface area contributed by atoms with E-state index < -0.39 is 0 Å². The molecule has 0 atom stereocenters. The first kappa shape index (κ1) is 15.8. The molecule has 0 spiro atoms. The van der Waals surface area contributed by atoms with Crippen LogP contribution < -0.4 is 5.32 Å². The highest BCUT2D eigenvalue weighted by Crippen LogP contribution is 2.35. The molecular formula is C17H26N2O2. The summed E-state index contributed by atoms with van der Waals surface area (Å²) in [5.41, 5.74) is 1.73. The molecule has 4 heteroatoms. The van der Waals surface area contributed by atoms with Gasteiger partial charge in [-0.15, -0.1) is 0 Å². The number of aryl methyl sites for hydroxylation is 1. The van der Waals surface area contributed by atoms with Crippen molar-refractivity contribution in [3.8, 4) is 0 Å². The van der Waals surface area contributed by atoms with Crippen LogP contribution in [0, 0.1) is 5.41 Å². The van der Waals surface area contributed by atoms with Gasteiger partial charge in [0.15, 0.2) is 5.78 Å². The summed E-state index contributed by atoms with van der Waals surface area (Å²) in [6, 6.07) is 1.90. The Balaban J connectivity index is 2.07. The number of fused-ring (bicyclic) bond motifs is 1. The molecule has 116 valence electrons. The number of rotatable bonds is 3. The Morgan fingerprint density at radius 3 is 2.62 bits per heavy atom. The van der Waals surface area contributed by atoms with Gasteiger partial charge in [-0.2, -0.15) is 0 Å². The maximum atomic E-state index is 12.1. The van der Waals surface area contributed by atoms with Crippen LogP contribution in [0.2, 0.25) is 0 Å². The van der Waals surface area contributed by atoms with Crippen molar-refractivity contribution < 1.29 is 9.59 Å². The molecule has 0 aromatic carbocycles. The molecule has 1 aromatic heterocycles. The predicted octanol–water partition coefficient (Wildman–Crippen LogP) is 2.95. The third kappa shape index (κ3) is 3.96. The van der Waals surface area contributed by atoms with Crippen LogP contribution in [0.5, 0.6) is 0 Å². The molecule has 0 unspecified atom stereocenters. The molecule has 0 radical (unpaired) electrons. The lowest BCUT2D eigenvalue weighted by Crippen LogP contribution is -2.40. The average molecular weight is 290 g/mol. The third-order valence-electron chi connectivity index (χ3n) is 3.76. The zero-order chi connectivity index (χ0) is 15.8. The fourth-order valence-corrected chi connectivity index (χ4v) is 2.91. The monoisotopic (exact) mass is 290 g/mol. The number of hydrogen-bond acceptors (Lipinski definition) is 2. The molecule has 1 aliphatic carbocycles. The number of hydrogen-bond donors (Lipinski definition) is 1. The van der Waals surface area contributed by atoms with Gasteiger partial charge in [0.2, 0.25) is 5.91 Å². The number of amides is 1. The Morgan fingerprint density at radius 2 is 2.00 bits per heavy atom. The van der Waals surface area contributed by atoms with Crippen LogP contribution in [-0.2, 0) is 17.8 Å². The molecule has 21 heavy (non-hydrogen) atoms. The second-order valence-electron chi connectivity index (χ2n) is 7.86. The predicted molar refractivity (Wildman–Crippen MR) is 83.4 cm³/mol. The largest absolute Gasteiger partial charge is 0.351 e. The summed E-state index contributed by atoms with van der Waals surface area (Å²) in [6.45, 7) is 10.8. The molecule has 1 aliphatic rings. The van der Waals surface area contributed by atoms with Crippen LogP contribution in [0.1, 0.15) is 63.5 Å². The molecule has 1 N–H and O–H groups in total. The van der Waals surface area contributed by atoms with Crippen molar-refractivity contribution in [3.05, 3.63) is 23.5 Å². The lowest BCUT2D eigenvalue weighted by Gasteiger charge is -2.29. The van der Waals surface area contributed by atoms with Crippen LogP contribution in [-0.4, -0.2) is 21.8 Å². The van der Waals surface area contributed by atoms with Gasteiger partial charge in [-0.1, -0.05) is 13.8 Å². The Bertz CT molecular complexity index is 562. The average Bonchev–Trinajstić information content (AvgIpc) is 2.65. The van der Waals surface area contributed by atoms with Gasteiger partial charge in [-0.3, -0.25) is 9.59 Å². The fourth-order valence-electron chi connectivity index (χ4n) is 2.91. The SMILES string of the molecule is CC1(C)CC(=O)c2ccn(CCC(=O)NC(C)(C)C)c2C1. The Labute approximate surface area is 126 Å². The van der Waals surface area contributed by atoms with Crippen LogP contribution in [0.4, 0.5) is 0 Å². The van der Waals surface area contributed by atoms with Crippen molar-refractivity contribution in [2.75, 3.05) is 0 Å². The van der Waals surface area contributed by atoms with Gasteiger partial charge in [0, 0.05) is 42.4 Å². The van der Waals surface area contributed by atoms with Gasteiger partial charge < -0.3 is 9.88 Å². The number of Topliss-reactive ketones (excluding diaryl/α,β-unsaturated/α-hetero) is 1. The van der Waals surface area contributed by atoms with E-state index in [1.807, 2.05) is 33.0 Å². The van der Waals surface area contributed by atoms with Crippen molar-refractivity contribution in [2.24, 2.45) is 5.41 Å². The summed E-state index contributed by atoms with van der Waals surface area (Å²) >= 11 is 0. The highest BCUT2D eigenvalue weighted by atomic mass is 16.1. The smallest absolute Gasteiger partial charge is 0.222 e. The van der Waals surface area contributed by atoms with E-state index in [-0.39, 0.29) is 22.6 Å². The number of carbonyl (C=O) groups is 2. The van der Waals surface area contributed by atoms with Gasteiger partial charge in [-0.25, -0.2) is 0 Å². The minimum Gasteiger partial charge on any atom is -0.351 e. The molecule has 1 aromatic rings. The van der Waals surface area contributed by atoms with E-state index in [9.17, 15) is 9.59 Å². The quantitative estimate of drug-likeness (QED) is 0.930. The van der Waals surface area contributed by atoms with Crippen molar-refractivity contribution in [3.63, 3.8) is 0 Å². The molecule has 0 fully saturated rings. The van der Waals surface area contributed by atoms with Crippen LogP contribution >= 0.6 is 0 Å². The molecule has 0 aliphatic heterocycles. The molecule has 1 amide bonds. The van der Waals surface area contributed by atoms with Gasteiger partial charge in [0.25, 0.3) is 0 Å². The second kappa shape index (κ2) is 5.32. The molecule has 4 nitrogen and oxygen atoms in total.